The molecule has 1 atom stereocenters. The molecule has 2 N–H and O–H groups in total. The van der Waals surface area contributed by atoms with Gasteiger partial charge in [-0.15, -0.1) is 5.10 Å². The summed E-state index contributed by atoms with van der Waals surface area (Å²) in [6.45, 7) is 2.62. The van der Waals surface area contributed by atoms with Crippen LogP contribution in [0.15, 0.2) is 24.7 Å². The van der Waals surface area contributed by atoms with E-state index in [1.807, 2.05) is 6.20 Å². The number of aliphatic hydroxyl groups is 1. The number of nitrogens with one attached hydrogen (secondary N) is 1. The summed E-state index contributed by atoms with van der Waals surface area (Å²) >= 11 is 0. The lowest BCUT2D eigenvalue weighted by Crippen LogP contribution is -2.25. The first-order chi connectivity index (χ1) is 15.7. The molecule has 0 aromatic carbocycles. The molecule has 3 aromatic heterocycles. The molecular formula is C22H29F3N6O2. The lowest BCUT2D eigenvalue weighted by atomic mass is 9.85. The SMILES string of the molecule is COCCn1cc(-c2cc(C3CCC(O)CC3)n3nc(N[C@@H](C)CC(F)(F)F)ncc23)cn1. The first kappa shape index (κ1) is 23.5. The van der Waals surface area contributed by atoms with Crippen molar-refractivity contribution in [2.75, 3.05) is 19.0 Å². The van der Waals surface area contributed by atoms with E-state index in [9.17, 15) is 18.3 Å². The second-order valence-electron chi connectivity index (χ2n) is 8.72. The molecule has 0 radical (unpaired) electrons. The zero-order valence-electron chi connectivity index (χ0n) is 18.7. The fourth-order valence-electron chi connectivity index (χ4n) is 4.40. The Hall–Kier alpha value is -2.66. The first-order valence-electron chi connectivity index (χ1n) is 11.2. The second kappa shape index (κ2) is 9.68. The van der Waals surface area contributed by atoms with Gasteiger partial charge in [0.25, 0.3) is 0 Å². The van der Waals surface area contributed by atoms with Gasteiger partial charge in [0.1, 0.15) is 0 Å². The van der Waals surface area contributed by atoms with E-state index in [0.717, 1.165) is 35.2 Å². The van der Waals surface area contributed by atoms with Crippen LogP contribution in [0.4, 0.5) is 19.1 Å². The van der Waals surface area contributed by atoms with Gasteiger partial charge in [0.05, 0.1) is 43.6 Å². The van der Waals surface area contributed by atoms with Crippen molar-refractivity contribution in [3.8, 4) is 11.1 Å². The summed E-state index contributed by atoms with van der Waals surface area (Å²) in [4.78, 5) is 4.29. The van der Waals surface area contributed by atoms with Crippen molar-refractivity contribution in [2.24, 2.45) is 0 Å². The van der Waals surface area contributed by atoms with E-state index in [1.165, 1.54) is 6.92 Å². The number of halogens is 3. The van der Waals surface area contributed by atoms with Crippen molar-refractivity contribution in [1.29, 1.82) is 0 Å². The van der Waals surface area contributed by atoms with Crippen LogP contribution in [0.25, 0.3) is 16.6 Å². The van der Waals surface area contributed by atoms with Crippen molar-refractivity contribution < 1.29 is 23.0 Å². The first-order valence-corrected chi connectivity index (χ1v) is 11.2. The number of hydrogen-bond acceptors (Lipinski definition) is 6. The maximum Gasteiger partial charge on any atom is 0.391 e. The van der Waals surface area contributed by atoms with Crippen LogP contribution in [-0.4, -0.2) is 61.5 Å². The number of methoxy groups -OCH3 is 1. The molecule has 3 aromatic rings. The van der Waals surface area contributed by atoms with Gasteiger partial charge in [-0.3, -0.25) is 4.68 Å². The highest BCUT2D eigenvalue weighted by Gasteiger charge is 2.30. The van der Waals surface area contributed by atoms with Gasteiger partial charge in [0.2, 0.25) is 5.95 Å². The molecule has 180 valence electrons. The van der Waals surface area contributed by atoms with Gasteiger partial charge < -0.3 is 15.2 Å². The fourth-order valence-corrected chi connectivity index (χ4v) is 4.40. The predicted molar refractivity (Wildman–Crippen MR) is 117 cm³/mol. The Kier molecular flexibility index (Phi) is 6.89. The number of nitrogens with zero attached hydrogens (tertiary/aromatic N) is 5. The molecule has 0 amide bonds. The van der Waals surface area contributed by atoms with E-state index >= 15 is 0 Å². The zero-order valence-corrected chi connectivity index (χ0v) is 18.7. The van der Waals surface area contributed by atoms with Crippen LogP contribution < -0.4 is 5.32 Å². The number of alkyl halides is 3. The zero-order chi connectivity index (χ0) is 23.6. The second-order valence-corrected chi connectivity index (χ2v) is 8.72. The number of aromatic nitrogens is 5. The molecule has 1 fully saturated rings. The minimum absolute atomic E-state index is 0.147. The number of fused-ring (bicyclic) bond motifs is 1. The van der Waals surface area contributed by atoms with Gasteiger partial charge in [-0.25, -0.2) is 9.50 Å². The maximum absolute atomic E-state index is 12.7. The van der Waals surface area contributed by atoms with Gasteiger partial charge in [0, 0.05) is 42.1 Å². The molecule has 0 spiro atoms. The van der Waals surface area contributed by atoms with Crippen LogP contribution in [0.5, 0.6) is 0 Å². The topological polar surface area (TPSA) is 89.5 Å². The summed E-state index contributed by atoms with van der Waals surface area (Å²) in [6, 6.07) is 1.21. The Morgan fingerprint density at radius 3 is 2.70 bits per heavy atom. The van der Waals surface area contributed by atoms with Crippen molar-refractivity contribution in [1.82, 2.24) is 24.4 Å². The van der Waals surface area contributed by atoms with Crippen LogP contribution >= 0.6 is 0 Å². The van der Waals surface area contributed by atoms with Crippen LogP contribution in [0.2, 0.25) is 0 Å². The average Bonchev–Trinajstić information content (AvgIpc) is 3.36. The lowest BCUT2D eigenvalue weighted by molar-refractivity contribution is -0.136. The smallest absolute Gasteiger partial charge is 0.391 e. The van der Waals surface area contributed by atoms with E-state index < -0.39 is 18.6 Å². The average molecular weight is 467 g/mol. The molecule has 4 rings (SSSR count). The highest BCUT2D eigenvalue weighted by Crippen LogP contribution is 2.37. The largest absolute Gasteiger partial charge is 0.393 e. The molecule has 8 nitrogen and oxygen atoms in total. The molecule has 11 heteroatoms. The summed E-state index contributed by atoms with van der Waals surface area (Å²) in [7, 11) is 1.64. The highest BCUT2D eigenvalue weighted by atomic mass is 19.4. The van der Waals surface area contributed by atoms with E-state index in [-0.39, 0.29) is 18.0 Å². The summed E-state index contributed by atoms with van der Waals surface area (Å²) < 4.78 is 46.9. The van der Waals surface area contributed by atoms with Gasteiger partial charge in [-0.05, 0) is 38.7 Å². The van der Waals surface area contributed by atoms with Crippen LogP contribution in [0.1, 0.15) is 50.6 Å². The predicted octanol–water partition coefficient (Wildman–Crippen LogP) is 4.01. The Bertz CT molecular complexity index is 1070. The lowest BCUT2D eigenvalue weighted by Gasteiger charge is -2.25. The number of rotatable bonds is 8. The fraction of sp³-hybridized carbons (Fsp3) is 0.591. The molecule has 1 aliphatic carbocycles. The molecule has 0 unspecified atom stereocenters. The van der Waals surface area contributed by atoms with Gasteiger partial charge in [-0.1, -0.05) is 0 Å². The molecule has 0 saturated heterocycles. The van der Waals surface area contributed by atoms with Gasteiger partial charge in [0.15, 0.2) is 0 Å². The van der Waals surface area contributed by atoms with Crippen molar-refractivity contribution in [3.05, 3.63) is 30.4 Å². The number of aliphatic hydroxyl groups excluding tert-OH is 1. The number of hydrogen-bond donors (Lipinski definition) is 2. The van der Waals surface area contributed by atoms with E-state index in [2.05, 4.69) is 26.6 Å². The normalized spacial score (nSPS) is 20.3. The molecule has 0 aliphatic heterocycles. The van der Waals surface area contributed by atoms with Gasteiger partial charge in [-0.2, -0.15) is 18.3 Å². The third kappa shape index (κ3) is 5.64. The Morgan fingerprint density at radius 1 is 1.24 bits per heavy atom. The van der Waals surface area contributed by atoms with Crippen molar-refractivity contribution >= 4 is 11.5 Å². The summed E-state index contributed by atoms with van der Waals surface area (Å²) in [5.41, 5.74) is 3.54. The van der Waals surface area contributed by atoms with Crippen LogP contribution in [0, 0.1) is 0 Å². The molecular weight excluding hydrogens is 437 g/mol. The third-order valence-corrected chi connectivity index (χ3v) is 6.04. The van der Waals surface area contributed by atoms with E-state index in [1.54, 1.807) is 28.7 Å². The Morgan fingerprint density at radius 2 is 2.00 bits per heavy atom. The van der Waals surface area contributed by atoms with Gasteiger partial charge >= 0.3 is 6.18 Å². The summed E-state index contributed by atoms with van der Waals surface area (Å²) in [5, 5.41) is 21.6. The van der Waals surface area contributed by atoms with Crippen molar-refractivity contribution in [2.45, 2.75) is 69.8 Å². The molecule has 1 saturated carbocycles. The molecule has 0 bridgehead atoms. The highest BCUT2D eigenvalue weighted by molar-refractivity contribution is 5.81. The monoisotopic (exact) mass is 466 g/mol. The molecule has 1 aliphatic rings. The van der Waals surface area contributed by atoms with E-state index in [0.29, 0.717) is 26.0 Å². The Balaban J connectivity index is 1.69. The van der Waals surface area contributed by atoms with E-state index in [4.69, 9.17) is 4.74 Å². The standard InChI is InChI=1S/C22H29F3N6O2/c1-14(10-22(23,24)25)28-21-26-12-20-18(16-11-27-30(13-16)7-8-33-2)9-19(31(20)29-21)15-3-5-17(32)6-4-15/h9,11-15,17,32H,3-8,10H2,1-2H3,(H,28,29)/t14-,15?,17?/m0/s1. The van der Waals surface area contributed by atoms with Crippen LogP contribution in [0.3, 0.4) is 0 Å². The quantitative estimate of drug-likeness (QED) is 0.522. The number of anilines is 1. The maximum atomic E-state index is 12.7. The Labute approximate surface area is 189 Å². The summed E-state index contributed by atoms with van der Waals surface area (Å²) in [5.74, 6) is 0.336. The van der Waals surface area contributed by atoms with Crippen molar-refractivity contribution in [3.63, 3.8) is 0 Å². The number of ether oxygens (including phenoxy) is 1. The van der Waals surface area contributed by atoms with Crippen LogP contribution in [-0.2, 0) is 11.3 Å². The summed E-state index contributed by atoms with van der Waals surface area (Å²) in [6.07, 6.45) is 2.86. The molecule has 3 heterocycles. The minimum atomic E-state index is -4.27. The molecule has 33 heavy (non-hydrogen) atoms. The minimum Gasteiger partial charge on any atom is -0.393 e. The third-order valence-electron chi connectivity index (χ3n) is 6.04.